The Morgan fingerprint density at radius 2 is 1.89 bits per heavy atom. The zero-order valence-corrected chi connectivity index (χ0v) is 16.0. The van der Waals surface area contributed by atoms with Crippen LogP contribution in [0.5, 0.6) is 0 Å². The van der Waals surface area contributed by atoms with Gasteiger partial charge in [-0.05, 0) is 48.9 Å². The molecule has 0 radical (unpaired) electrons. The summed E-state index contributed by atoms with van der Waals surface area (Å²) in [5.41, 5.74) is 1.99. The van der Waals surface area contributed by atoms with Crippen LogP contribution in [0.25, 0.3) is 0 Å². The number of hydrogen-bond donors (Lipinski definition) is 2. The molecule has 3 rings (SSSR count). The van der Waals surface area contributed by atoms with Crippen LogP contribution in [0.1, 0.15) is 12.0 Å². The highest BCUT2D eigenvalue weighted by molar-refractivity contribution is 7.89. The fraction of sp³-hybridized carbons (Fsp3) is 0.222. The van der Waals surface area contributed by atoms with Crippen molar-refractivity contribution in [3.05, 3.63) is 53.1 Å². The van der Waals surface area contributed by atoms with Gasteiger partial charge < -0.3 is 10.2 Å². The summed E-state index contributed by atoms with van der Waals surface area (Å²) in [6.07, 6.45) is 0.0899. The van der Waals surface area contributed by atoms with Gasteiger partial charge in [-0.2, -0.15) is 0 Å². The summed E-state index contributed by atoms with van der Waals surface area (Å²) in [5, 5.41) is 8.30. The maximum atomic E-state index is 12.5. The summed E-state index contributed by atoms with van der Waals surface area (Å²) in [5.74, 6) is -0.984. The van der Waals surface area contributed by atoms with Gasteiger partial charge >= 0.3 is 0 Å². The van der Waals surface area contributed by atoms with Gasteiger partial charge in [-0.15, -0.1) is 0 Å². The van der Waals surface area contributed by atoms with Crippen molar-refractivity contribution in [3.8, 4) is 0 Å². The number of primary sulfonamides is 1. The molecule has 2 aromatic rings. The molecule has 2 amide bonds. The van der Waals surface area contributed by atoms with Gasteiger partial charge in [-0.3, -0.25) is 9.59 Å². The molecule has 9 heteroatoms. The predicted octanol–water partition coefficient (Wildman–Crippen LogP) is 2.29. The molecule has 1 aliphatic heterocycles. The van der Waals surface area contributed by atoms with Crippen molar-refractivity contribution in [3.63, 3.8) is 0 Å². The molecule has 0 aromatic heterocycles. The summed E-state index contributed by atoms with van der Waals surface area (Å²) < 4.78 is 22.5. The van der Waals surface area contributed by atoms with Crippen molar-refractivity contribution >= 4 is 44.8 Å². The lowest BCUT2D eigenvalue weighted by atomic mass is 10.1. The zero-order valence-electron chi connectivity index (χ0n) is 14.5. The number of sulfonamides is 1. The molecule has 27 heavy (non-hydrogen) atoms. The van der Waals surface area contributed by atoms with E-state index >= 15 is 0 Å². The number of benzene rings is 2. The van der Waals surface area contributed by atoms with E-state index < -0.39 is 15.9 Å². The van der Waals surface area contributed by atoms with Crippen LogP contribution >= 0.6 is 11.6 Å². The number of halogens is 1. The van der Waals surface area contributed by atoms with Gasteiger partial charge in [0, 0.05) is 29.4 Å². The van der Waals surface area contributed by atoms with E-state index in [0.29, 0.717) is 16.4 Å². The third-order valence-corrected chi connectivity index (χ3v) is 5.75. The second-order valence-corrected chi connectivity index (χ2v) is 8.37. The van der Waals surface area contributed by atoms with Gasteiger partial charge in [0.2, 0.25) is 21.8 Å². The number of anilines is 2. The lowest BCUT2D eigenvalue weighted by Crippen LogP contribution is -2.28. The molecule has 142 valence electrons. The third kappa shape index (κ3) is 4.29. The summed E-state index contributed by atoms with van der Waals surface area (Å²) in [6, 6.07) is 10.9. The molecule has 3 N–H and O–H groups in total. The van der Waals surface area contributed by atoms with E-state index in [2.05, 4.69) is 5.32 Å². The highest BCUT2D eigenvalue weighted by Gasteiger charge is 2.35. The molecular formula is C18H18ClN3O4S. The molecule has 0 spiro atoms. The van der Waals surface area contributed by atoms with Gasteiger partial charge in [0.05, 0.1) is 10.8 Å². The van der Waals surface area contributed by atoms with Crippen molar-refractivity contribution < 1.29 is 18.0 Å². The summed E-state index contributed by atoms with van der Waals surface area (Å²) >= 11 is 6.12. The SMILES string of the molecule is Cc1ccc(N2C[C@@H](C(=O)Nc3ccc(S(N)(=O)=O)cc3)CC2=O)cc1Cl. The smallest absolute Gasteiger partial charge is 0.238 e. The minimum absolute atomic E-state index is 0.0426. The number of rotatable bonds is 4. The van der Waals surface area contributed by atoms with Crippen LogP contribution in [0.15, 0.2) is 47.4 Å². The van der Waals surface area contributed by atoms with Crippen LogP contribution in [0.4, 0.5) is 11.4 Å². The number of amides is 2. The molecule has 0 saturated carbocycles. The number of aryl methyl sites for hydroxylation is 1. The molecule has 0 unspecified atom stereocenters. The Morgan fingerprint density at radius 3 is 2.48 bits per heavy atom. The van der Waals surface area contributed by atoms with E-state index in [4.69, 9.17) is 16.7 Å². The Labute approximate surface area is 162 Å². The van der Waals surface area contributed by atoms with Crippen molar-refractivity contribution in [1.29, 1.82) is 0 Å². The number of hydrogen-bond acceptors (Lipinski definition) is 4. The van der Waals surface area contributed by atoms with E-state index in [-0.39, 0.29) is 29.7 Å². The Hall–Kier alpha value is -2.42. The second kappa shape index (κ2) is 7.30. The summed E-state index contributed by atoms with van der Waals surface area (Å²) in [6.45, 7) is 2.12. The van der Waals surface area contributed by atoms with Gasteiger partial charge in [-0.1, -0.05) is 17.7 Å². The monoisotopic (exact) mass is 407 g/mol. The van der Waals surface area contributed by atoms with Crippen LogP contribution in [0, 0.1) is 12.8 Å². The lowest BCUT2D eigenvalue weighted by Gasteiger charge is -2.17. The average molecular weight is 408 g/mol. The first-order valence-corrected chi connectivity index (χ1v) is 10.1. The molecule has 0 bridgehead atoms. The first-order chi connectivity index (χ1) is 12.6. The van der Waals surface area contributed by atoms with Gasteiger partial charge in [0.15, 0.2) is 0 Å². The minimum Gasteiger partial charge on any atom is -0.326 e. The van der Waals surface area contributed by atoms with Crippen molar-refractivity contribution in [2.24, 2.45) is 11.1 Å². The summed E-state index contributed by atoms with van der Waals surface area (Å²) in [7, 11) is -3.79. The van der Waals surface area contributed by atoms with Crippen LogP contribution in [-0.2, 0) is 19.6 Å². The van der Waals surface area contributed by atoms with Crippen LogP contribution in [0.2, 0.25) is 5.02 Å². The number of nitrogens with zero attached hydrogens (tertiary/aromatic N) is 1. The molecule has 1 atom stereocenters. The number of nitrogens with two attached hydrogens (primary N) is 1. The third-order valence-electron chi connectivity index (χ3n) is 4.41. The molecule has 1 heterocycles. The maximum Gasteiger partial charge on any atom is 0.238 e. The van der Waals surface area contributed by atoms with Crippen LogP contribution < -0.4 is 15.4 Å². The fourth-order valence-electron chi connectivity index (χ4n) is 2.85. The quantitative estimate of drug-likeness (QED) is 0.810. The average Bonchev–Trinajstić information content (AvgIpc) is 2.99. The Kier molecular flexibility index (Phi) is 5.23. The van der Waals surface area contributed by atoms with Crippen LogP contribution in [0.3, 0.4) is 0 Å². The first-order valence-electron chi connectivity index (χ1n) is 8.15. The second-order valence-electron chi connectivity index (χ2n) is 6.40. The van der Waals surface area contributed by atoms with E-state index in [1.807, 2.05) is 13.0 Å². The van der Waals surface area contributed by atoms with Crippen molar-refractivity contribution in [2.45, 2.75) is 18.2 Å². The summed E-state index contributed by atoms with van der Waals surface area (Å²) in [4.78, 5) is 26.3. The normalized spacial score (nSPS) is 17.2. The highest BCUT2D eigenvalue weighted by Crippen LogP contribution is 2.29. The lowest BCUT2D eigenvalue weighted by molar-refractivity contribution is -0.122. The standard InChI is InChI=1S/C18H18ClN3O4S/c1-11-2-5-14(9-16(11)19)22-10-12(8-17(22)23)18(24)21-13-3-6-15(7-4-13)27(20,25)26/h2-7,9,12H,8,10H2,1H3,(H,21,24)(H2,20,25,26)/t12-/m0/s1. The van der Waals surface area contributed by atoms with E-state index in [1.54, 1.807) is 17.0 Å². The van der Waals surface area contributed by atoms with Crippen molar-refractivity contribution in [2.75, 3.05) is 16.8 Å². The van der Waals surface area contributed by atoms with E-state index in [0.717, 1.165) is 5.56 Å². The van der Waals surface area contributed by atoms with Gasteiger partial charge in [0.25, 0.3) is 0 Å². The topological polar surface area (TPSA) is 110 Å². The largest absolute Gasteiger partial charge is 0.326 e. The predicted molar refractivity (Wildman–Crippen MR) is 103 cm³/mol. The molecule has 2 aromatic carbocycles. The highest BCUT2D eigenvalue weighted by atomic mass is 35.5. The Morgan fingerprint density at radius 1 is 1.22 bits per heavy atom. The number of carbonyl (C=O) groups excluding carboxylic acids is 2. The van der Waals surface area contributed by atoms with Crippen molar-refractivity contribution in [1.82, 2.24) is 0 Å². The van der Waals surface area contributed by atoms with E-state index in [9.17, 15) is 18.0 Å². The van der Waals surface area contributed by atoms with E-state index in [1.165, 1.54) is 24.3 Å². The molecular weight excluding hydrogens is 390 g/mol. The molecule has 0 aliphatic carbocycles. The van der Waals surface area contributed by atoms with Gasteiger partial charge in [-0.25, -0.2) is 13.6 Å². The Bertz CT molecular complexity index is 1010. The number of carbonyl (C=O) groups is 2. The Balaban J connectivity index is 1.69. The minimum atomic E-state index is -3.79. The molecule has 7 nitrogen and oxygen atoms in total. The molecule has 1 fully saturated rings. The van der Waals surface area contributed by atoms with Gasteiger partial charge in [0.1, 0.15) is 0 Å². The van der Waals surface area contributed by atoms with Crippen LogP contribution in [-0.4, -0.2) is 26.8 Å². The number of nitrogens with one attached hydrogen (secondary N) is 1. The fourth-order valence-corrected chi connectivity index (χ4v) is 3.54. The molecule has 1 aliphatic rings. The zero-order chi connectivity index (χ0) is 19.8. The maximum absolute atomic E-state index is 12.5. The molecule has 1 saturated heterocycles. The first kappa shape index (κ1) is 19.3.